The van der Waals surface area contributed by atoms with Gasteiger partial charge in [-0.1, -0.05) is 35.9 Å². The molecular weight excluding hydrogens is 191 g/mol. The van der Waals surface area contributed by atoms with Crippen LogP contribution in [0.3, 0.4) is 0 Å². The van der Waals surface area contributed by atoms with Gasteiger partial charge in [0.15, 0.2) is 11.5 Å². The van der Waals surface area contributed by atoms with Crippen LogP contribution >= 0.6 is 0 Å². The zero-order chi connectivity index (χ0) is 11.5. The van der Waals surface area contributed by atoms with E-state index in [1.807, 2.05) is 6.92 Å². The summed E-state index contributed by atoms with van der Waals surface area (Å²) in [5.41, 5.74) is -0.389. The van der Waals surface area contributed by atoms with Crippen molar-refractivity contribution in [2.75, 3.05) is 0 Å². The highest BCUT2D eigenvalue weighted by molar-refractivity contribution is 6.02. The molecule has 1 aromatic carbocycles. The first-order valence-electron chi connectivity index (χ1n) is 4.88. The summed E-state index contributed by atoms with van der Waals surface area (Å²) in [6, 6.07) is 6.91. The molecular formula is C13H15FO. The zero-order valence-electron chi connectivity index (χ0n) is 9.09. The number of aryl methyl sites for hydroxylation is 1. The van der Waals surface area contributed by atoms with Crippen molar-refractivity contribution >= 4 is 5.78 Å². The second-order valence-electron chi connectivity index (χ2n) is 3.89. The molecule has 1 aromatic rings. The lowest BCUT2D eigenvalue weighted by Crippen LogP contribution is -2.29. The van der Waals surface area contributed by atoms with Crippen molar-refractivity contribution < 1.29 is 9.18 Å². The summed E-state index contributed by atoms with van der Waals surface area (Å²) in [5, 5.41) is 0. The molecule has 1 rings (SSSR count). The monoisotopic (exact) mass is 206 g/mol. The number of rotatable bonds is 4. The number of ketones is 1. The molecule has 2 heteroatoms. The summed E-state index contributed by atoms with van der Waals surface area (Å²) in [7, 11) is 0. The number of hydrogen-bond acceptors (Lipinski definition) is 1. The van der Waals surface area contributed by atoms with E-state index in [2.05, 4.69) is 6.58 Å². The van der Waals surface area contributed by atoms with Gasteiger partial charge in [0.2, 0.25) is 0 Å². The van der Waals surface area contributed by atoms with Crippen molar-refractivity contribution in [1.82, 2.24) is 0 Å². The van der Waals surface area contributed by atoms with Gasteiger partial charge in [-0.15, -0.1) is 6.58 Å². The maximum Gasteiger partial charge on any atom is 0.200 e. The van der Waals surface area contributed by atoms with Gasteiger partial charge in [-0.05, 0) is 13.8 Å². The van der Waals surface area contributed by atoms with Crippen LogP contribution in [0.4, 0.5) is 4.39 Å². The summed E-state index contributed by atoms with van der Waals surface area (Å²) < 4.78 is 13.8. The Morgan fingerprint density at radius 3 is 2.47 bits per heavy atom. The van der Waals surface area contributed by atoms with E-state index in [4.69, 9.17) is 0 Å². The second-order valence-corrected chi connectivity index (χ2v) is 3.89. The molecule has 0 saturated carbocycles. The topological polar surface area (TPSA) is 17.1 Å². The first-order valence-corrected chi connectivity index (χ1v) is 4.88. The van der Waals surface area contributed by atoms with E-state index in [1.165, 1.54) is 13.0 Å². The molecule has 0 aliphatic carbocycles. The lowest BCUT2D eigenvalue weighted by molar-refractivity contribution is 0.0730. The Bertz CT molecular complexity index is 363. The molecule has 0 amide bonds. The van der Waals surface area contributed by atoms with Crippen molar-refractivity contribution in [3.05, 3.63) is 48.0 Å². The molecule has 0 fully saturated rings. The second kappa shape index (κ2) is 4.39. The Morgan fingerprint density at radius 1 is 1.47 bits per heavy atom. The van der Waals surface area contributed by atoms with E-state index in [9.17, 15) is 9.18 Å². The Balaban J connectivity index is 2.94. The minimum atomic E-state index is -1.85. The van der Waals surface area contributed by atoms with Crippen molar-refractivity contribution in [2.45, 2.75) is 25.9 Å². The average Bonchev–Trinajstić information content (AvgIpc) is 2.18. The van der Waals surface area contributed by atoms with Crippen LogP contribution in [0.5, 0.6) is 0 Å². The molecule has 0 aliphatic heterocycles. The van der Waals surface area contributed by atoms with Gasteiger partial charge in [0.05, 0.1) is 0 Å². The van der Waals surface area contributed by atoms with Crippen LogP contribution in [0, 0.1) is 6.92 Å². The number of allylic oxidation sites excluding steroid dienone is 1. The molecule has 0 aromatic heterocycles. The highest BCUT2D eigenvalue weighted by Crippen LogP contribution is 2.22. The number of hydrogen-bond donors (Lipinski definition) is 0. The van der Waals surface area contributed by atoms with Crippen LogP contribution in [0.15, 0.2) is 36.9 Å². The molecule has 1 nitrogen and oxygen atoms in total. The number of carbonyl (C=O) groups excluding carboxylic acids is 1. The Morgan fingerprint density at radius 2 is 2.00 bits per heavy atom. The Kier molecular flexibility index (Phi) is 3.40. The molecule has 1 atom stereocenters. The quantitative estimate of drug-likeness (QED) is 0.544. The fourth-order valence-corrected chi connectivity index (χ4v) is 1.37. The van der Waals surface area contributed by atoms with Gasteiger partial charge in [-0.25, -0.2) is 4.39 Å². The summed E-state index contributed by atoms with van der Waals surface area (Å²) >= 11 is 0. The Labute approximate surface area is 89.6 Å². The van der Waals surface area contributed by atoms with Gasteiger partial charge >= 0.3 is 0 Å². The number of benzene rings is 1. The molecule has 0 radical (unpaired) electrons. The highest BCUT2D eigenvalue weighted by Gasteiger charge is 2.31. The third-order valence-electron chi connectivity index (χ3n) is 2.31. The van der Waals surface area contributed by atoms with Crippen LogP contribution in [-0.2, 0) is 0 Å². The van der Waals surface area contributed by atoms with Gasteiger partial charge in [0.25, 0.3) is 0 Å². The summed E-state index contributed by atoms with van der Waals surface area (Å²) in [5.74, 6) is -0.484. The maximum absolute atomic E-state index is 13.8. The van der Waals surface area contributed by atoms with Gasteiger partial charge < -0.3 is 0 Å². The molecule has 0 N–H and O–H groups in total. The summed E-state index contributed by atoms with van der Waals surface area (Å²) in [6.07, 6.45) is 1.46. The van der Waals surface area contributed by atoms with Crippen molar-refractivity contribution in [3.8, 4) is 0 Å². The Hall–Kier alpha value is -1.44. The minimum Gasteiger partial charge on any atom is -0.291 e. The lowest BCUT2D eigenvalue weighted by atomic mass is 9.93. The first kappa shape index (κ1) is 11.6. The van der Waals surface area contributed by atoms with Gasteiger partial charge in [0.1, 0.15) is 0 Å². The lowest BCUT2D eigenvalue weighted by Gasteiger charge is -2.16. The molecule has 1 unspecified atom stereocenters. The molecule has 0 heterocycles. The number of halogens is 1. The molecule has 15 heavy (non-hydrogen) atoms. The van der Waals surface area contributed by atoms with E-state index in [0.29, 0.717) is 5.56 Å². The molecule has 0 bridgehead atoms. The van der Waals surface area contributed by atoms with Crippen LogP contribution in [0.25, 0.3) is 0 Å². The first-order chi connectivity index (χ1) is 6.97. The summed E-state index contributed by atoms with van der Waals surface area (Å²) in [4.78, 5) is 11.7. The largest absolute Gasteiger partial charge is 0.291 e. The SMILES string of the molecule is C=CCC(C)(F)C(=O)c1ccc(C)cc1. The van der Waals surface area contributed by atoms with Crippen LogP contribution in [0.2, 0.25) is 0 Å². The number of alkyl halides is 1. The minimum absolute atomic E-state index is 0.0414. The predicted octanol–water partition coefficient (Wildman–Crippen LogP) is 3.48. The number of Topliss-reactive ketones (excluding diaryl/α,β-unsaturated/α-hetero) is 1. The van der Waals surface area contributed by atoms with E-state index >= 15 is 0 Å². The maximum atomic E-state index is 13.8. The van der Waals surface area contributed by atoms with E-state index in [-0.39, 0.29) is 6.42 Å². The fraction of sp³-hybridized carbons (Fsp3) is 0.308. The smallest absolute Gasteiger partial charge is 0.200 e. The van der Waals surface area contributed by atoms with Crippen molar-refractivity contribution in [1.29, 1.82) is 0 Å². The molecule has 0 aliphatic rings. The van der Waals surface area contributed by atoms with E-state index in [0.717, 1.165) is 5.56 Å². The number of carbonyl (C=O) groups is 1. The highest BCUT2D eigenvalue weighted by atomic mass is 19.1. The van der Waals surface area contributed by atoms with Crippen LogP contribution < -0.4 is 0 Å². The predicted molar refractivity (Wildman–Crippen MR) is 59.8 cm³/mol. The average molecular weight is 206 g/mol. The van der Waals surface area contributed by atoms with Crippen LogP contribution in [0.1, 0.15) is 29.3 Å². The molecule has 0 saturated heterocycles. The van der Waals surface area contributed by atoms with E-state index < -0.39 is 11.5 Å². The summed E-state index contributed by atoms with van der Waals surface area (Å²) in [6.45, 7) is 6.66. The third-order valence-corrected chi connectivity index (χ3v) is 2.31. The van der Waals surface area contributed by atoms with Crippen LogP contribution in [-0.4, -0.2) is 11.5 Å². The third kappa shape index (κ3) is 2.75. The molecule has 0 spiro atoms. The molecule has 80 valence electrons. The zero-order valence-corrected chi connectivity index (χ0v) is 9.09. The van der Waals surface area contributed by atoms with Gasteiger partial charge in [-0.3, -0.25) is 4.79 Å². The van der Waals surface area contributed by atoms with Gasteiger partial charge in [-0.2, -0.15) is 0 Å². The normalized spacial score (nSPS) is 14.3. The van der Waals surface area contributed by atoms with Gasteiger partial charge in [0, 0.05) is 12.0 Å². The van der Waals surface area contributed by atoms with E-state index in [1.54, 1.807) is 24.3 Å². The van der Waals surface area contributed by atoms with Crippen molar-refractivity contribution in [3.63, 3.8) is 0 Å². The van der Waals surface area contributed by atoms with Crippen molar-refractivity contribution in [2.24, 2.45) is 0 Å². The standard InChI is InChI=1S/C13H15FO/c1-4-9-13(3,14)12(15)11-7-5-10(2)6-8-11/h4-8H,1,9H2,2-3H3. The fourth-order valence-electron chi connectivity index (χ4n) is 1.37.